The monoisotopic (exact) mass is 182 g/mol. The molecule has 2 radical (unpaired) electrons. The number of ketones is 1. The van der Waals surface area contributed by atoms with Gasteiger partial charge >= 0.3 is 0 Å². The molecule has 0 saturated heterocycles. The zero-order chi connectivity index (χ0) is 10.3. The maximum atomic E-state index is 11.1. The van der Waals surface area contributed by atoms with Gasteiger partial charge in [-0.1, -0.05) is 13.8 Å². The van der Waals surface area contributed by atoms with E-state index in [0.29, 0.717) is 0 Å². The number of hydrogen-bond acceptors (Lipinski definition) is 3. The van der Waals surface area contributed by atoms with Crippen molar-refractivity contribution in [1.29, 1.82) is 0 Å². The molecule has 1 amide bonds. The summed E-state index contributed by atoms with van der Waals surface area (Å²) < 4.78 is 0. The van der Waals surface area contributed by atoms with Crippen molar-refractivity contribution >= 4 is 19.5 Å². The third-order valence-electron chi connectivity index (χ3n) is 1.53. The van der Waals surface area contributed by atoms with Crippen molar-refractivity contribution in [3.63, 3.8) is 0 Å². The third-order valence-corrected chi connectivity index (χ3v) is 1.53. The van der Waals surface area contributed by atoms with Gasteiger partial charge < -0.3 is 10.6 Å². The molecule has 0 aromatic rings. The molecule has 0 rings (SSSR count). The van der Waals surface area contributed by atoms with Gasteiger partial charge in [0.05, 0.1) is 20.9 Å². The summed E-state index contributed by atoms with van der Waals surface area (Å²) in [5, 5.41) is 5.15. The molecule has 13 heavy (non-hydrogen) atoms. The van der Waals surface area contributed by atoms with Crippen molar-refractivity contribution in [2.24, 2.45) is 5.92 Å². The van der Waals surface area contributed by atoms with Gasteiger partial charge in [0, 0.05) is 5.92 Å². The van der Waals surface area contributed by atoms with Crippen molar-refractivity contribution < 1.29 is 9.59 Å². The number of Topliss-reactive ketones (excluding diaryl/α,β-unsaturated/α-hetero) is 1. The van der Waals surface area contributed by atoms with Crippen LogP contribution in [0.2, 0.25) is 0 Å². The van der Waals surface area contributed by atoms with E-state index < -0.39 is 0 Å². The highest BCUT2D eigenvalue weighted by atomic mass is 16.2. The van der Waals surface area contributed by atoms with Crippen LogP contribution in [0, 0.1) is 5.92 Å². The standard InChI is InChI=1S/C8H15BN2O2/c1-6(2)7(12)3-11-8(13)4-10-5-9/h6,10H,3-5H2,1-2H3,(H,11,13). The average molecular weight is 182 g/mol. The van der Waals surface area contributed by atoms with Crippen molar-refractivity contribution in [2.75, 3.05) is 19.5 Å². The van der Waals surface area contributed by atoms with Gasteiger partial charge in [-0.05, 0) is 6.44 Å². The highest BCUT2D eigenvalue weighted by Gasteiger charge is 2.08. The van der Waals surface area contributed by atoms with E-state index in [9.17, 15) is 9.59 Å². The minimum absolute atomic E-state index is 0.0288. The first kappa shape index (κ1) is 12.2. The molecule has 0 heterocycles. The second-order valence-electron chi connectivity index (χ2n) is 3.03. The van der Waals surface area contributed by atoms with Crippen LogP contribution < -0.4 is 10.6 Å². The Morgan fingerprint density at radius 1 is 1.31 bits per heavy atom. The van der Waals surface area contributed by atoms with Gasteiger partial charge in [0.25, 0.3) is 0 Å². The number of carbonyl (C=O) groups is 2. The van der Waals surface area contributed by atoms with E-state index in [2.05, 4.69) is 10.6 Å². The van der Waals surface area contributed by atoms with E-state index in [1.54, 1.807) is 13.8 Å². The van der Waals surface area contributed by atoms with Crippen molar-refractivity contribution in [1.82, 2.24) is 10.6 Å². The van der Waals surface area contributed by atoms with E-state index in [-0.39, 0.29) is 37.1 Å². The molecule has 5 heteroatoms. The Kier molecular flexibility index (Phi) is 6.23. The topological polar surface area (TPSA) is 58.2 Å². The van der Waals surface area contributed by atoms with Crippen LogP contribution in [0.25, 0.3) is 0 Å². The normalized spacial score (nSPS) is 10.1. The zero-order valence-electron chi connectivity index (χ0n) is 8.09. The maximum Gasteiger partial charge on any atom is 0.234 e. The number of rotatable bonds is 6. The Morgan fingerprint density at radius 3 is 2.38 bits per heavy atom. The summed E-state index contributed by atoms with van der Waals surface area (Å²) in [6, 6.07) is 0. The fourth-order valence-corrected chi connectivity index (χ4v) is 0.638. The Balaban J connectivity index is 3.52. The highest BCUT2D eigenvalue weighted by molar-refractivity contribution is 6.08. The van der Waals surface area contributed by atoms with E-state index in [1.165, 1.54) is 0 Å². The third kappa shape index (κ3) is 6.34. The molecule has 0 aliphatic rings. The molecule has 72 valence electrons. The molecule has 0 aliphatic carbocycles. The minimum Gasteiger partial charge on any atom is -0.348 e. The Morgan fingerprint density at radius 2 is 1.92 bits per heavy atom. The minimum atomic E-state index is -0.209. The van der Waals surface area contributed by atoms with E-state index in [1.807, 2.05) is 0 Å². The molecule has 0 spiro atoms. The lowest BCUT2D eigenvalue weighted by molar-refractivity contribution is -0.126. The molecule has 0 unspecified atom stereocenters. The van der Waals surface area contributed by atoms with Crippen molar-refractivity contribution in [3.05, 3.63) is 0 Å². The largest absolute Gasteiger partial charge is 0.348 e. The lowest BCUT2D eigenvalue weighted by atomic mass is 10.1. The first-order valence-corrected chi connectivity index (χ1v) is 4.28. The molecule has 2 N–H and O–H groups in total. The molecule has 0 aromatic heterocycles. The van der Waals surface area contributed by atoms with Gasteiger partial charge in [-0.2, -0.15) is 0 Å². The smallest absolute Gasteiger partial charge is 0.234 e. The SMILES string of the molecule is [B]CNCC(=O)NCC(=O)C(C)C. The summed E-state index contributed by atoms with van der Waals surface area (Å²) in [7, 11) is 5.12. The average Bonchev–Trinajstić information content (AvgIpc) is 2.10. The van der Waals surface area contributed by atoms with Crippen LogP contribution >= 0.6 is 0 Å². The van der Waals surface area contributed by atoms with E-state index in [0.717, 1.165) is 0 Å². The molecular weight excluding hydrogens is 167 g/mol. The van der Waals surface area contributed by atoms with Crippen LogP contribution in [0.4, 0.5) is 0 Å². The van der Waals surface area contributed by atoms with Crippen molar-refractivity contribution in [2.45, 2.75) is 13.8 Å². The quantitative estimate of drug-likeness (QED) is 0.520. The molecule has 0 atom stereocenters. The summed E-state index contributed by atoms with van der Waals surface area (Å²) in [5.74, 6) is -0.219. The van der Waals surface area contributed by atoms with Crippen LogP contribution in [-0.4, -0.2) is 39.1 Å². The summed E-state index contributed by atoms with van der Waals surface area (Å²) in [6.07, 6.45) is 0.256. The van der Waals surface area contributed by atoms with Gasteiger partial charge in [0.15, 0.2) is 5.78 Å². The van der Waals surface area contributed by atoms with Gasteiger partial charge in [-0.15, -0.1) is 0 Å². The molecule has 0 aliphatic heterocycles. The Hall–Kier alpha value is -0.835. The van der Waals surface area contributed by atoms with E-state index >= 15 is 0 Å². The Labute approximate surface area is 79.9 Å². The number of amides is 1. The van der Waals surface area contributed by atoms with Crippen LogP contribution in [0.1, 0.15) is 13.8 Å². The lowest BCUT2D eigenvalue weighted by Gasteiger charge is -2.06. The zero-order valence-corrected chi connectivity index (χ0v) is 8.09. The van der Waals surface area contributed by atoms with Crippen LogP contribution in [0.15, 0.2) is 0 Å². The fourth-order valence-electron chi connectivity index (χ4n) is 0.638. The van der Waals surface area contributed by atoms with Gasteiger partial charge in [0.2, 0.25) is 5.91 Å². The first-order valence-electron chi connectivity index (χ1n) is 4.28. The van der Waals surface area contributed by atoms with Gasteiger partial charge in [-0.3, -0.25) is 9.59 Å². The molecule has 0 aromatic carbocycles. The number of nitrogens with one attached hydrogen (secondary N) is 2. The number of carbonyl (C=O) groups excluding carboxylic acids is 2. The Bertz CT molecular complexity index is 183. The van der Waals surface area contributed by atoms with E-state index in [4.69, 9.17) is 7.85 Å². The maximum absolute atomic E-state index is 11.1. The predicted octanol–water partition coefficient (Wildman–Crippen LogP) is -0.957. The predicted molar refractivity (Wildman–Crippen MR) is 51.5 cm³/mol. The summed E-state index contributed by atoms with van der Waals surface area (Å²) >= 11 is 0. The summed E-state index contributed by atoms with van der Waals surface area (Å²) in [5.41, 5.74) is 0. The van der Waals surface area contributed by atoms with Crippen molar-refractivity contribution in [3.8, 4) is 0 Å². The van der Waals surface area contributed by atoms with Gasteiger partial charge in [-0.25, -0.2) is 0 Å². The molecule has 4 nitrogen and oxygen atoms in total. The van der Waals surface area contributed by atoms with Crippen LogP contribution in [-0.2, 0) is 9.59 Å². The summed E-state index contributed by atoms with van der Waals surface area (Å²) in [6.45, 7) is 3.85. The highest BCUT2D eigenvalue weighted by Crippen LogP contribution is 1.91. The second-order valence-corrected chi connectivity index (χ2v) is 3.03. The van der Waals surface area contributed by atoms with Gasteiger partial charge in [0.1, 0.15) is 0 Å². The molecular formula is C8H15BN2O2. The lowest BCUT2D eigenvalue weighted by Crippen LogP contribution is -2.38. The summed E-state index contributed by atoms with van der Waals surface area (Å²) in [4.78, 5) is 22.0. The van der Waals surface area contributed by atoms with Crippen LogP contribution in [0.5, 0.6) is 0 Å². The molecule has 0 saturated carbocycles. The molecule has 0 bridgehead atoms. The van der Waals surface area contributed by atoms with Crippen LogP contribution in [0.3, 0.4) is 0 Å². The molecule has 0 fully saturated rings. The first-order chi connectivity index (χ1) is 6.07. The second kappa shape index (κ2) is 6.66. The number of hydrogen-bond donors (Lipinski definition) is 2. The fraction of sp³-hybridized carbons (Fsp3) is 0.750.